The molecule has 0 aliphatic heterocycles. The van der Waals surface area contributed by atoms with Crippen molar-refractivity contribution in [1.29, 1.82) is 0 Å². The van der Waals surface area contributed by atoms with Gasteiger partial charge in [0.25, 0.3) is 5.91 Å². The van der Waals surface area contributed by atoms with Gasteiger partial charge < -0.3 is 5.32 Å². The summed E-state index contributed by atoms with van der Waals surface area (Å²) in [5, 5.41) is 10.6. The van der Waals surface area contributed by atoms with Gasteiger partial charge in [-0.25, -0.2) is 0 Å². The molecule has 0 radical (unpaired) electrons. The number of amides is 1. The zero-order valence-electron chi connectivity index (χ0n) is 10.1. The van der Waals surface area contributed by atoms with Gasteiger partial charge in [-0.05, 0) is 23.8 Å². The zero-order valence-corrected chi connectivity index (χ0v) is 10.1. The molecule has 0 bridgehead atoms. The highest BCUT2D eigenvalue weighted by Crippen LogP contribution is 2.14. The molecule has 0 spiro atoms. The van der Waals surface area contributed by atoms with E-state index in [9.17, 15) is 4.79 Å². The van der Waals surface area contributed by atoms with Crippen LogP contribution in [0.5, 0.6) is 0 Å². The molecule has 19 heavy (non-hydrogen) atoms. The third kappa shape index (κ3) is 2.30. The van der Waals surface area contributed by atoms with Crippen LogP contribution in [-0.2, 0) is 6.54 Å². The molecule has 1 aromatic carbocycles. The number of para-hydroxylation sites is 1. The monoisotopic (exact) mass is 252 g/mol. The lowest BCUT2D eigenvalue weighted by Crippen LogP contribution is -2.23. The number of benzene rings is 1. The minimum absolute atomic E-state index is 0.186. The summed E-state index contributed by atoms with van der Waals surface area (Å²) in [4.78, 5) is 16.0. The topological polar surface area (TPSA) is 70.7 Å². The van der Waals surface area contributed by atoms with Gasteiger partial charge in [0.15, 0.2) is 5.69 Å². The predicted octanol–water partition coefficient (Wildman–Crippen LogP) is 1.89. The number of pyridine rings is 1. The molecule has 94 valence electrons. The summed E-state index contributed by atoms with van der Waals surface area (Å²) in [7, 11) is 0. The van der Waals surface area contributed by atoms with Crippen LogP contribution in [0.25, 0.3) is 10.9 Å². The number of carbonyl (C=O) groups excluding carboxylic acids is 1. The standard InChI is InChI=1S/C14H12N4O/c19-14(16-9-10-5-7-15-8-6-10)13-11-3-1-2-4-12(11)17-18-13/h1-8H,9H2,(H,16,19)(H,17,18). The second-order valence-electron chi connectivity index (χ2n) is 4.16. The molecule has 0 atom stereocenters. The molecule has 0 unspecified atom stereocenters. The van der Waals surface area contributed by atoms with Crippen molar-refractivity contribution in [2.45, 2.75) is 6.54 Å². The number of hydrogen-bond donors (Lipinski definition) is 2. The molecular weight excluding hydrogens is 240 g/mol. The maximum absolute atomic E-state index is 12.1. The Morgan fingerprint density at radius 3 is 2.79 bits per heavy atom. The Kier molecular flexibility index (Phi) is 2.94. The minimum atomic E-state index is -0.186. The maximum atomic E-state index is 12.1. The van der Waals surface area contributed by atoms with Gasteiger partial charge in [0, 0.05) is 24.3 Å². The van der Waals surface area contributed by atoms with Gasteiger partial charge in [0.05, 0.1) is 5.52 Å². The summed E-state index contributed by atoms with van der Waals surface area (Å²) < 4.78 is 0. The fourth-order valence-electron chi connectivity index (χ4n) is 1.90. The van der Waals surface area contributed by atoms with Gasteiger partial charge in [-0.1, -0.05) is 18.2 Å². The summed E-state index contributed by atoms with van der Waals surface area (Å²) in [5.41, 5.74) is 2.28. The first-order chi connectivity index (χ1) is 9.34. The molecule has 2 heterocycles. The molecule has 3 aromatic rings. The highest BCUT2D eigenvalue weighted by molar-refractivity contribution is 6.04. The third-order valence-electron chi connectivity index (χ3n) is 2.89. The lowest BCUT2D eigenvalue weighted by molar-refractivity contribution is 0.0947. The smallest absolute Gasteiger partial charge is 0.272 e. The van der Waals surface area contributed by atoms with Crippen molar-refractivity contribution in [2.24, 2.45) is 0 Å². The maximum Gasteiger partial charge on any atom is 0.272 e. The Hall–Kier alpha value is -2.69. The van der Waals surface area contributed by atoms with E-state index < -0.39 is 0 Å². The van der Waals surface area contributed by atoms with E-state index in [0.29, 0.717) is 12.2 Å². The van der Waals surface area contributed by atoms with Crippen molar-refractivity contribution in [1.82, 2.24) is 20.5 Å². The molecule has 5 nitrogen and oxygen atoms in total. The summed E-state index contributed by atoms with van der Waals surface area (Å²) in [6, 6.07) is 11.3. The van der Waals surface area contributed by atoms with E-state index in [1.165, 1.54) is 0 Å². The lowest BCUT2D eigenvalue weighted by atomic mass is 10.2. The molecule has 5 heteroatoms. The number of rotatable bonds is 3. The average molecular weight is 252 g/mol. The summed E-state index contributed by atoms with van der Waals surface area (Å²) >= 11 is 0. The van der Waals surface area contributed by atoms with Gasteiger partial charge >= 0.3 is 0 Å². The van der Waals surface area contributed by atoms with Crippen molar-refractivity contribution < 1.29 is 4.79 Å². The average Bonchev–Trinajstić information content (AvgIpc) is 2.90. The van der Waals surface area contributed by atoms with Gasteiger partial charge in [-0.15, -0.1) is 0 Å². The lowest BCUT2D eigenvalue weighted by Gasteiger charge is -2.03. The molecule has 1 amide bonds. The number of carbonyl (C=O) groups is 1. The van der Waals surface area contributed by atoms with E-state index in [0.717, 1.165) is 16.5 Å². The number of aromatic nitrogens is 3. The molecule has 0 aliphatic carbocycles. The second kappa shape index (κ2) is 4.89. The summed E-state index contributed by atoms with van der Waals surface area (Å²) in [6.07, 6.45) is 3.40. The normalized spacial score (nSPS) is 10.5. The largest absolute Gasteiger partial charge is 0.347 e. The van der Waals surface area contributed by atoms with Crippen molar-refractivity contribution in [3.63, 3.8) is 0 Å². The van der Waals surface area contributed by atoms with Crippen LogP contribution in [0.4, 0.5) is 0 Å². The van der Waals surface area contributed by atoms with Gasteiger partial charge in [0.1, 0.15) is 0 Å². The van der Waals surface area contributed by atoms with Crippen LogP contribution in [0.15, 0.2) is 48.8 Å². The summed E-state index contributed by atoms with van der Waals surface area (Å²) in [5.74, 6) is -0.186. The Balaban J connectivity index is 1.77. The van der Waals surface area contributed by atoms with Gasteiger partial charge in [-0.3, -0.25) is 14.9 Å². The molecule has 0 fully saturated rings. The van der Waals surface area contributed by atoms with Crippen LogP contribution in [-0.4, -0.2) is 21.1 Å². The first-order valence-electron chi connectivity index (χ1n) is 5.95. The second-order valence-corrected chi connectivity index (χ2v) is 4.16. The van der Waals surface area contributed by atoms with Crippen LogP contribution in [0.2, 0.25) is 0 Å². The number of H-pyrrole nitrogens is 1. The number of nitrogens with one attached hydrogen (secondary N) is 2. The molecule has 0 saturated heterocycles. The van der Waals surface area contributed by atoms with E-state index >= 15 is 0 Å². The molecule has 3 rings (SSSR count). The van der Waals surface area contributed by atoms with Crippen LogP contribution >= 0.6 is 0 Å². The summed E-state index contributed by atoms with van der Waals surface area (Å²) in [6.45, 7) is 0.461. The van der Waals surface area contributed by atoms with Crippen LogP contribution < -0.4 is 5.32 Å². The molecule has 0 aliphatic rings. The first-order valence-corrected chi connectivity index (χ1v) is 5.95. The van der Waals surface area contributed by atoms with Crippen molar-refractivity contribution >= 4 is 16.8 Å². The van der Waals surface area contributed by atoms with E-state index in [2.05, 4.69) is 20.5 Å². The SMILES string of the molecule is O=C(NCc1ccncc1)c1n[nH]c2ccccc12. The Morgan fingerprint density at radius 2 is 1.95 bits per heavy atom. The number of hydrogen-bond acceptors (Lipinski definition) is 3. The predicted molar refractivity (Wildman–Crippen MR) is 71.5 cm³/mol. The Bertz CT molecular complexity index is 706. The van der Waals surface area contributed by atoms with Crippen molar-refractivity contribution in [2.75, 3.05) is 0 Å². The Morgan fingerprint density at radius 1 is 1.16 bits per heavy atom. The van der Waals surface area contributed by atoms with Gasteiger partial charge in [0.2, 0.25) is 0 Å². The van der Waals surface area contributed by atoms with E-state index in [-0.39, 0.29) is 5.91 Å². The highest BCUT2D eigenvalue weighted by atomic mass is 16.1. The van der Waals surface area contributed by atoms with Crippen molar-refractivity contribution in [3.05, 3.63) is 60.0 Å². The fourth-order valence-corrected chi connectivity index (χ4v) is 1.90. The highest BCUT2D eigenvalue weighted by Gasteiger charge is 2.12. The van der Waals surface area contributed by atoms with Crippen LogP contribution in [0.1, 0.15) is 16.1 Å². The quantitative estimate of drug-likeness (QED) is 0.747. The van der Waals surface area contributed by atoms with E-state index in [1.807, 2.05) is 36.4 Å². The zero-order chi connectivity index (χ0) is 13.1. The van der Waals surface area contributed by atoms with Crippen LogP contribution in [0, 0.1) is 0 Å². The number of nitrogens with zero attached hydrogens (tertiary/aromatic N) is 2. The molecule has 2 N–H and O–H groups in total. The number of fused-ring (bicyclic) bond motifs is 1. The molecule has 2 aromatic heterocycles. The Labute approximate surface area is 109 Å². The fraction of sp³-hybridized carbons (Fsp3) is 0.0714. The van der Waals surface area contributed by atoms with Gasteiger partial charge in [-0.2, -0.15) is 5.10 Å². The van der Waals surface area contributed by atoms with E-state index in [1.54, 1.807) is 12.4 Å². The van der Waals surface area contributed by atoms with Crippen molar-refractivity contribution in [3.8, 4) is 0 Å². The number of aromatic amines is 1. The first kappa shape index (κ1) is 11.4. The minimum Gasteiger partial charge on any atom is -0.347 e. The third-order valence-corrected chi connectivity index (χ3v) is 2.89. The molecule has 0 saturated carbocycles. The molecular formula is C14H12N4O. The van der Waals surface area contributed by atoms with Crippen LogP contribution in [0.3, 0.4) is 0 Å². The van der Waals surface area contributed by atoms with E-state index in [4.69, 9.17) is 0 Å².